The van der Waals surface area contributed by atoms with Gasteiger partial charge in [0.1, 0.15) is 5.82 Å². The van der Waals surface area contributed by atoms with Crippen LogP contribution in [-0.4, -0.2) is 49.9 Å². The first kappa shape index (κ1) is 16.9. The van der Waals surface area contributed by atoms with Crippen LogP contribution in [0.3, 0.4) is 0 Å². The second kappa shape index (κ2) is 8.22. The summed E-state index contributed by atoms with van der Waals surface area (Å²) in [5, 5.41) is 1.07. The van der Waals surface area contributed by atoms with E-state index in [-0.39, 0.29) is 17.7 Å². The second-order valence-corrected chi connectivity index (χ2v) is 5.52. The third-order valence-corrected chi connectivity index (χ3v) is 4.03. The summed E-state index contributed by atoms with van der Waals surface area (Å²) in [7, 11) is 3.00. The van der Waals surface area contributed by atoms with Gasteiger partial charge in [0.2, 0.25) is 0 Å². The molecule has 1 aliphatic rings. The maximum absolute atomic E-state index is 12.8. The summed E-state index contributed by atoms with van der Waals surface area (Å²) in [5.41, 5.74) is 1.13. The lowest BCUT2D eigenvalue weighted by Crippen LogP contribution is -2.39. The van der Waals surface area contributed by atoms with Crippen molar-refractivity contribution >= 4 is 5.97 Å². The SMILES string of the molecule is CON(C)OC(=O)C1CCN(CCc2ccc(F)cc2)CC1. The highest BCUT2D eigenvalue weighted by Crippen LogP contribution is 2.19. The minimum Gasteiger partial charge on any atom is -0.342 e. The molecular weight excluding hydrogens is 287 g/mol. The number of likely N-dealkylation sites (tertiary alicyclic amines) is 1. The van der Waals surface area contributed by atoms with E-state index in [0.29, 0.717) is 0 Å². The first-order chi connectivity index (χ1) is 10.6. The molecule has 0 saturated carbocycles. The number of halogens is 1. The predicted molar refractivity (Wildman–Crippen MR) is 80.1 cm³/mol. The van der Waals surface area contributed by atoms with Crippen LogP contribution in [0.25, 0.3) is 0 Å². The standard InChI is InChI=1S/C16H23FN2O3/c1-18(21-2)22-16(20)14-8-11-19(12-9-14)10-7-13-3-5-15(17)6-4-13/h3-6,14H,7-12H2,1-2H3. The number of carbonyl (C=O) groups excluding carboxylic acids is 1. The van der Waals surface area contributed by atoms with E-state index in [9.17, 15) is 9.18 Å². The maximum atomic E-state index is 12.8. The van der Waals surface area contributed by atoms with Gasteiger partial charge in [0.15, 0.2) is 0 Å². The minimum atomic E-state index is -0.234. The van der Waals surface area contributed by atoms with Crippen molar-refractivity contribution in [3.8, 4) is 0 Å². The van der Waals surface area contributed by atoms with E-state index in [0.717, 1.165) is 49.7 Å². The van der Waals surface area contributed by atoms with Gasteiger partial charge in [-0.3, -0.25) is 4.84 Å². The van der Waals surface area contributed by atoms with Crippen LogP contribution >= 0.6 is 0 Å². The molecule has 1 aromatic carbocycles. The molecule has 2 rings (SSSR count). The van der Waals surface area contributed by atoms with Gasteiger partial charge in [-0.25, -0.2) is 9.18 Å². The van der Waals surface area contributed by atoms with Gasteiger partial charge in [0.05, 0.1) is 20.1 Å². The van der Waals surface area contributed by atoms with Crippen LogP contribution in [0.2, 0.25) is 0 Å². The molecule has 0 radical (unpaired) electrons. The summed E-state index contributed by atoms with van der Waals surface area (Å²) in [6.07, 6.45) is 2.47. The molecule has 1 fully saturated rings. The average molecular weight is 310 g/mol. The topological polar surface area (TPSA) is 42.0 Å². The molecule has 0 atom stereocenters. The van der Waals surface area contributed by atoms with Crippen LogP contribution in [0.4, 0.5) is 4.39 Å². The molecule has 0 amide bonds. The molecular formula is C16H23FN2O3. The third kappa shape index (κ3) is 5.05. The molecule has 1 aliphatic heterocycles. The zero-order valence-corrected chi connectivity index (χ0v) is 13.1. The Hall–Kier alpha value is -1.50. The van der Waals surface area contributed by atoms with Crippen LogP contribution < -0.4 is 0 Å². The minimum absolute atomic E-state index is 0.0697. The zero-order chi connectivity index (χ0) is 15.9. The molecule has 1 saturated heterocycles. The highest BCUT2D eigenvalue weighted by atomic mass is 19.1. The van der Waals surface area contributed by atoms with Gasteiger partial charge in [-0.15, -0.1) is 0 Å². The first-order valence-electron chi connectivity index (χ1n) is 7.55. The summed E-state index contributed by atoms with van der Waals surface area (Å²) in [6.45, 7) is 2.67. The molecule has 0 unspecified atom stereocenters. The van der Waals surface area contributed by atoms with Gasteiger partial charge in [0, 0.05) is 6.54 Å². The van der Waals surface area contributed by atoms with Gasteiger partial charge in [-0.2, -0.15) is 0 Å². The highest BCUT2D eigenvalue weighted by Gasteiger charge is 2.27. The average Bonchev–Trinajstić information content (AvgIpc) is 2.54. The number of benzene rings is 1. The van der Waals surface area contributed by atoms with Gasteiger partial charge in [-0.1, -0.05) is 12.1 Å². The first-order valence-corrected chi connectivity index (χ1v) is 7.55. The number of nitrogens with zero attached hydrogens (tertiary/aromatic N) is 2. The lowest BCUT2D eigenvalue weighted by molar-refractivity contribution is -0.320. The number of piperidine rings is 1. The Balaban J connectivity index is 1.70. The van der Waals surface area contributed by atoms with Crippen LogP contribution in [0.1, 0.15) is 18.4 Å². The molecule has 1 aromatic rings. The Morgan fingerprint density at radius 1 is 1.32 bits per heavy atom. The van der Waals surface area contributed by atoms with E-state index in [4.69, 9.17) is 9.68 Å². The monoisotopic (exact) mass is 310 g/mol. The Kier molecular flexibility index (Phi) is 6.30. The van der Waals surface area contributed by atoms with Crippen LogP contribution in [-0.2, 0) is 20.9 Å². The van der Waals surface area contributed by atoms with Crippen molar-refractivity contribution in [2.75, 3.05) is 33.8 Å². The smallest absolute Gasteiger partial charge is 0.331 e. The van der Waals surface area contributed by atoms with Crippen molar-refractivity contribution in [1.29, 1.82) is 0 Å². The fourth-order valence-electron chi connectivity index (χ4n) is 2.57. The number of hydrogen-bond donors (Lipinski definition) is 0. The molecule has 0 bridgehead atoms. The molecule has 5 nitrogen and oxygen atoms in total. The molecule has 122 valence electrons. The van der Waals surface area contributed by atoms with E-state index < -0.39 is 0 Å². The molecule has 0 spiro atoms. The van der Waals surface area contributed by atoms with E-state index in [1.807, 2.05) is 12.1 Å². The Labute approximate surface area is 130 Å². The van der Waals surface area contributed by atoms with Gasteiger partial charge in [-0.05, 0) is 55.3 Å². The largest absolute Gasteiger partial charge is 0.342 e. The lowest BCUT2D eigenvalue weighted by atomic mass is 9.97. The molecule has 6 heteroatoms. The summed E-state index contributed by atoms with van der Waals surface area (Å²) in [6, 6.07) is 6.62. The van der Waals surface area contributed by atoms with E-state index in [2.05, 4.69) is 4.90 Å². The number of carbonyl (C=O) groups is 1. The van der Waals surface area contributed by atoms with Crippen molar-refractivity contribution < 1.29 is 18.9 Å². The number of hydroxylamine groups is 2. The Morgan fingerprint density at radius 3 is 2.55 bits per heavy atom. The molecule has 0 N–H and O–H groups in total. The lowest BCUT2D eigenvalue weighted by Gasteiger charge is -2.31. The summed E-state index contributed by atoms with van der Waals surface area (Å²) >= 11 is 0. The Morgan fingerprint density at radius 2 is 1.95 bits per heavy atom. The summed E-state index contributed by atoms with van der Waals surface area (Å²) in [4.78, 5) is 24.0. The fourth-order valence-corrected chi connectivity index (χ4v) is 2.57. The number of rotatable bonds is 6. The van der Waals surface area contributed by atoms with Crippen molar-refractivity contribution in [2.45, 2.75) is 19.3 Å². The van der Waals surface area contributed by atoms with Crippen molar-refractivity contribution in [3.05, 3.63) is 35.6 Å². The van der Waals surface area contributed by atoms with Crippen LogP contribution in [0.15, 0.2) is 24.3 Å². The predicted octanol–water partition coefficient (Wildman–Crippen LogP) is 2.03. The van der Waals surface area contributed by atoms with Crippen LogP contribution in [0, 0.1) is 11.7 Å². The quantitative estimate of drug-likeness (QED) is 0.752. The van der Waals surface area contributed by atoms with Gasteiger partial charge in [0.25, 0.3) is 0 Å². The van der Waals surface area contributed by atoms with Crippen LogP contribution in [0.5, 0.6) is 0 Å². The molecule has 22 heavy (non-hydrogen) atoms. The number of hydrogen-bond acceptors (Lipinski definition) is 5. The van der Waals surface area contributed by atoms with Crippen molar-refractivity contribution in [1.82, 2.24) is 10.1 Å². The molecule has 1 heterocycles. The van der Waals surface area contributed by atoms with E-state index in [1.165, 1.54) is 19.2 Å². The Bertz CT molecular complexity index is 473. The fraction of sp³-hybridized carbons (Fsp3) is 0.562. The highest BCUT2D eigenvalue weighted by molar-refractivity contribution is 5.72. The normalized spacial score (nSPS) is 16.9. The van der Waals surface area contributed by atoms with Crippen molar-refractivity contribution in [2.24, 2.45) is 5.92 Å². The van der Waals surface area contributed by atoms with Crippen molar-refractivity contribution in [3.63, 3.8) is 0 Å². The van der Waals surface area contributed by atoms with Gasteiger partial charge < -0.3 is 9.74 Å². The zero-order valence-electron chi connectivity index (χ0n) is 13.1. The second-order valence-electron chi connectivity index (χ2n) is 5.52. The van der Waals surface area contributed by atoms with E-state index >= 15 is 0 Å². The summed E-state index contributed by atoms with van der Waals surface area (Å²) < 4.78 is 12.8. The molecule has 0 aliphatic carbocycles. The maximum Gasteiger partial charge on any atom is 0.331 e. The third-order valence-electron chi connectivity index (χ3n) is 4.03. The molecule has 0 aromatic heterocycles. The van der Waals surface area contributed by atoms with E-state index in [1.54, 1.807) is 7.05 Å². The van der Waals surface area contributed by atoms with Gasteiger partial charge >= 0.3 is 5.97 Å². The summed E-state index contributed by atoms with van der Waals surface area (Å²) in [5.74, 6) is -0.508.